The van der Waals surface area contributed by atoms with Gasteiger partial charge in [0.25, 0.3) is 0 Å². The zero-order valence-corrected chi connectivity index (χ0v) is 14.4. The first-order chi connectivity index (χ1) is 10.1. The number of ketones is 1. The molecular weight excluding hydrogens is 326 g/mol. The number of rotatable bonds is 2. The first kappa shape index (κ1) is 15.1. The fourth-order valence-electron chi connectivity index (χ4n) is 4.03. The monoisotopic (exact) mass is 349 g/mol. The molecule has 2 fully saturated rings. The SMILES string of the molecule is CC(=O)c1ccc(N2CCC3(CCCCC3)CC2)cc1Br. The third kappa shape index (κ3) is 3.18. The first-order valence-corrected chi connectivity index (χ1v) is 8.94. The third-order valence-corrected chi connectivity index (χ3v) is 6.09. The number of hydrogen-bond donors (Lipinski definition) is 0. The van der Waals surface area contributed by atoms with E-state index in [1.807, 2.05) is 6.07 Å². The van der Waals surface area contributed by atoms with Crippen LogP contribution in [0.5, 0.6) is 0 Å². The van der Waals surface area contributed by atoms with Gasteiger partial charge in [-0.25, -0.2) is 0 Å². The van der Waals surface area contributed by atoms with Crippen LogP contribution in [0.25, 0.3) is 0 Å². The van der Waals surface area contributed by atoms with Crippen molar-refractivity contribution < 1.29 is 4.79 Å². The summed E-state index contributed by atoms with van der Waals surface area (Å²) in [5.41, 5.74) is 2.67. The predicted molar refractivity (Wildman–Crippen MR) is 91.1 cm³/mol. The van der Waals surface area contributed by atoms with Gasteiger partial charge >= 0.3 is 0 Å². The topological polar surface area (TPSA) is 20.3 Å². The number of hydrogen-bond acceptors (Lipinski definition) is 2. The molecule has 1 aromatic carbocycles. The number of halogens is 1. The maximum atomic E-state index is 11.5. The van der Waals surface area contributed by atoms with Crippen molar-refractivity contribution in [2.75, 3.05) is 18.0 Å². The third-order valence-electron chi connectivity index (χ3n) is 5.44. The van der Waals surface area contributed by atoms with Gasteiger partial charge in [-0.2, -0.15) is 0 Å². The molecular formula is C18H24BrNO. The molecule has 21 heavy (non-hydrogen) atoms. The van der Waals surface area contributed by atoms with Crippen LogP contribution in [-0.4, -0.2) is 18.9 Å². The van der Waals surface area contributed by atoms with Crippen LogP contribution in [0.4, 0.5) is 5.69 Å². The average Bonchev–Trinajstić information content (AvgIpc) is 2.48. The molecule has 1 spiro atoms. The summed E-state index contributed by atoms with van der Waals surface area (Å²) in [6, 6.07) is 6.16. The number of Topliss-reactive ketones (excluding diaryl/α,β-unsaturated/α-hetero) is 1. The van der Waals surface area contributed by atoms with Crippen molar-refractivity contribution in [1.29, 1.82) is 0 Å². The van der Waals surface area contributed by atoms with Crippen LogP contribution in [-0.2, 0) is 0 Å². The molecule has 0 radical (unpaired) electrons. The van der Waals surface area contributed by atoms with E-state index in [0.29, 0.717) is 5.41 Å². The van der Waals surface area contributed by atoms with E-state index in [9.17, 15) is 4.79 Å². The molecule has 0 N–H and O–H groups in total. The molecule has 3 rings (SSSR count). The van der Waals surface area contributed by atoms with Crippen LogP contribution in [0.3, 0.4) is 0 Å². The second kappa shape index (κ2) is 6.12. The second-order valence-corrected chi connectivity index (χ2v) is 7.62. The van der Waals surface area contributed by atoms with E-state index in [-0.39, 0.29) is 5.78 Å². The zero-order valence-electron chi connectivity index (χ0n) is 12.8. The van der Waals surface area contributed by atoms with Crippen molar-refractivity contribution in [3.63, 3.8) is 0 Å². The minimum atomic E-state index is 0.119. The van der Waals surface area contributed by atoms with Crippen molar-refractivity contribution >= 4 is 27.4 Å². The van der Waals surface area contributed by atoms with Gasteiger partial charge in [0.05, 0.1) is 0 Å². The molecule has 1 saturated heterocycles. The van der Waals surface area contributed by atoms with Gasteiger partial charge in [0, 0.05) is 28.8 Å². The van der Waals surface area contributed by atoms with Gasteiger partial charge in [-0.1, -0.05) is 19.3 Å². The van der Waals surface area contributed by atoms with Crippen molar-refractivity contribution in [2.45, 2.75) is 51.9 Å². The molecule has 1 aliphatic carbocycles. The molecule has 1 aliphatic heterocycles. The Morgan fingerprint density at radius 2 is 1.76 bits per heavy atom. The van der Waals surface area contributed by atoms with Gasteiger partial charge in [0.15, 0.2) is 5.78 Å². The lowest BCUT2D eigenvalue weighted by Crippen LogP contribution is -2.41. The van der Waals surface area contributed by atoms with Crippen molar-refractivity contribution in [3.05, 3.63) is 28.2 Å². The lowest BCUT2D eigenvalue weighted by atomic mass is 9.68. The lowest BCUT2D eigenvalue weighted by Gasteiger charge is -2.45. The summed E-state index contributed by atoms with van der Waals surface area (Å²) in [6.45, 7) is 3.94. The molecule has 3 heteroatoms. The smallest absolute Gasteiger partial charge is 0.160 e. The van der Waals surface area contributed by atoms with Crippen molar-refractivity contribution in [1.82, 2.24) is 0 Å². The Morgan fingerprint density at radius 3 is 2.33 bits per heavy atom. The molecule has 1 heterocycles. The summed E-state index contributed by atoms with van der Waals surface area (Å²) < 4.78 is 0.922. The van der Waals surface area contributed by atoms with Gasteiger partial charge in [0.1, 0.15) is 0 Å². The summed E-state index contributed by atoms with van der Waals surface area (Å²) in [6.07, 6.45) is 9.84. The number of anilines is 1. The number of nitrogens with zero attached hydrogens (tertiary/aromatic N) is 1. The van der Waals surface area contributed by atoms with E-state index in [1.54, 1.807) is 6.92 Å². The summed E-state index contributed by atoms with van der Waals surface area (Å²) in [5, 5.41) is 0. The Bertz CT molecular complexity index is 524. The van der Waals surface area contributed by atoms with Crippen LogP contribution in [0, 0.1) is 5.41 Å². The highest BCUT2D eigenvalue weighted by Gasteiger charge is 2.35. The van der Waals surface area contributed by atoms with E-state index in [0.717, 1.165) is 23.1 Å². The van der Waals surface area contributed by atoms with Gasteiger partial charge < -0.3 is 4.90 Å². The largest absolute Gasteiger partial charge is 0.371 e. The molecule has 2 aliphatic rings. The van der Waals surface area contributed by atoms with Crippen LogP contribution in [0.1, 0.15) is 62.2 Å². The highest BCUT2D eigenvalue weighted by Crippen LogP contribution is 2.45. The highest BCUT2D eigenvalue weighted by molar-refractivity contribution is 9.10. The summed E-state index contributed by atoms with van der Waals surface area (Å²) in [4.78, 5) is 14.0. The van der Waals surface area contributed by atoms with E-state index in [2.05, 4.69) is 33.0 Å². The van der Waals surface area contributed by atoms with Gasteiger partial charge in [-0.15, -0.1) is 0 Å². The maximum absolute atomic E-state index is 11.5. The van der Waals surface area contributed by atoms with Crippen LogP contribution in [0.2, 0.25) is 0 Å². The molecule has 0 bridgehead atoms. The Kier molecular flexibility index (Phi) is 4.39. The van der Waals surface area contributed by atoms with Gasteiger partial charge in [-0.3, -0.25) is 4.79 Å². The Balaban J connectivity index is 1.69. The predicted octanol–water partition coefficient (Wildman–Crippen LogP) is 5.20. The standard InChI is InChI=1S/C18H24BrNO/c1-14(21)16-6-5-15(13-17(16)19)20-11-9-18(10-12-20)7-3-2-4-8-18/h5-6,13H,2-4,7-12H2,1H3. The normalized spacial score (nSPS) is 21.5. The van der Waals surface area contributed by atoms with E-state index < -0.39 is 0 Å². The molecule has 0 amide bonds. The number of benzene rings is 1. The summed E-state index contributed by atoms with van der Waals surface area (Å²) in [7, 11) is 0. The fourth-order valence-corrected chi connectivity index (χ4v) is 4.67. The molecule has 0 atom stereocenters. The molecule has 1 saturated carbocycles. The summed E-state index contributed by atoms with van der Waals surface area (Å²) in [5.74, 6) is 0.119. The maximum Gasteiger partial charge on any atom is 0.160 e. The Labute approximate surface area is 136 Å². The van der Waals surface area contributed by atoms with Crippen LogP contribution >= 0.6 is 15.9 Å². The Hall–Kier alpha value is -0.830. The number of piperidine rings is 1. The van der Waals surface area contributed by atoms with Crippen LogP contribution < -0.4 is 4.90 Å². The molecule has 1 aromatic rings. The van der Waals surface area contributed by atoms with E-state index >= 15 is 0 Å². The Morgan fingerprint density at radius 1 is 1.10 bits per heavy atom. The number of carbonyl (C=O) groups is 1. The van der Waals surface area contributed by atoms with Gasteiger partial charge in [0.2, 0.25) is 0 Å². The molecule has 2 nitrogen and oxygen atoms in total. The minimum absolute atomic E-state index is 0.119. The van der Waals surface area contributed by atoms with Crippen molar-refractivity contribution in [2.24, 2.45) is 5.41 Å². The molecule has 114 valence electrons. The quantitative estimate of drug-likeness (QED) is 0.683. The van der Waals surface area contributed by atoms with Crippen molar-refractivity contribution in [3.8, 4) is 0 Å². The second-order valence-electron chi connectivity index (χ2n) is 6.77. The molecule has 0 aromatic heterocycles. The minimum Gasteiger partial charge on any atom is -0.371 e. The average molecular weight is 350 g/mol. The van der Waals surface area contributed by atoms with E-state index in [1.165, 1.54) is 50.6 Å². The number of carbonyl (C=O) groups excluding carboxylic acids is 1. The highest BCUT2D eigenvalue weighted by atomic mass is 79.9. The fraction of sp³-hybridized carbons (Fsp3) is 0.611. The van der Waals surface area contributed by atoms with Gasteiger partial charge in [-0.05, 0) is 72.2 Å². The lowest BCUT2D eigenvalue weighted by molar-refractivity contribution is 0.101. The van der Waals surface area contributed by atoms with E-state index in [4.69, 9.17) is 0 Å². The first-order valence-electron chi connectivity index (χ1n) is 8.15. The summed E-state index contributed by atoms with van der Waals surface area (Å²) >= 11 is 3.54. The molecule has 0 unspecified atom stereocenters. The van der Waals surface area contributed by atoms with Crippen LogP contribution in [0.15, 0.2) is 22.7 Å². The zero-order chi connectivity index (χ0) is 14.9.